The van der Waals surface area contributed by atoms with Crippen molar-refractivity contribution in [3.05, 3.63) is 59.2 Å². The Morgan fingerprint density at radius 3 is 2.20 bits per heavy atom. The standard InChI is InChI=1S/C33H43F3O5/c1-4-5-6-7-8-12-21-40-28-20-19-27(29(34)30(28)35)31(37)41-26-17-15-24(16-18-26)22(2)23(3)33(36,32(38)39)25-13-10-9-11-14-25/h15-20,22-23,25H,4-14,21H2,1-3H3,(H,38,39)/t22?,23-,33+/m0/s1. The number of hydrogen-bond acceptors (Lipinski definition) is 4. The highest BCUT2D eigenvalue weighted by Crippen LogP contribution is 2.45. The summed E-state index contributed by atoms with van der Waals surface area (Å²) in [6, 6.07) is 8.56. The van der Waals surface area contributed by atoms with Crippen molar-refractivity contribution in [2.75, 3.05) is 6.61 Å². The van der Waals surface area contributed by atoms with Crippen LogP contribution in [0, 0.1) is 23.5 Å². The maximum atomic E-state index is 16.1. The van der Waals surface area contributed by atoms with Gasteiger partial charge in [-0.15, -0.1) is 0 Å². The Morgan fingerprint density at radius 2 is 1.56 bits per heavy atom. The Balaban J connectivity index is 1.61. The van der Waals surface area contributed by atoms with Gasteiger partial charge in [0.2, 0.25) is 11.5 Å². The van der Waals surface area contributed by atoms with Gasteiger partial charge in [0.05, 0.1) is 12.2 Å². The van der Waals surface area contributed by atoms with Crippen LogP contribution in [0.25, 0.3) is 0 Å². The topological polar surface area (TPSA) is 72.8 Å². The molecule has 0 radical (unpaired) electrons. The molecule has 41 heavy (non-hydrogen) atoms. The van der Waals surface area contributed by atoms with Crippen LogP contribution in [0.15, 0.2) is 36.4 Å². The summed E-state index contributed by atoms with van der Waals surface area (Å²) in [6.45, 7) is 5.80. The second kappa shape index (κ2) is 15.3. The molecular weight excluding hydrogens is 533 g/mol. The lowest BCUT2D eigenvalue weighted by Crippen LogP contribution is -2.49. The number of benzene rings is 2. The number of halogens is 3. The van der Waals surface area contributed by atoms with Crippen LogP contribution in [0.4, 0.5) is 13.2 Å². The zero-order valence-corrected chi connectivity index (χ0v) is 24.4. The van der Waals surface area contributed by atoms with Crippen LogP contribution in [0.5, 0.6) is 11.5 Å². The van der Waals surface area contributed by atoms with Crippen molar-refractivity contribution in [1.29, 1.82) is 0 Å². The fraction of sp³-hybridized carbons (Fsp3) is 0.576. The highest BCUT2D eigenvalue weighted by molar-refractivity contribution is 5.91. The molecule has 2 aromatic rings. The molecular formula is C33H43F3O5. The quantitative estimate of drug-likeness (QED) is 0.130. The van der Waals surface area contributed by atoms with E-state index < -0.39 is 52.6 Å². The highest BCUT2D eigenvalue weighted by Gasteiger charge is 2.52. The van der Waals surface area contributed by atoms with Gasteiger partial charge in [-0.05, 0) is 55.0 Å². The van der Waals surface area contributed by atoms with E-state index in [0.29, 0.717) is 18.4 Å². The molecule has 0 aromatic heterocycles. The van der Waals surface area contributed by atoms with Crippen molar-refractivity contribution < 1.29 is 37.3 Å². The molecule has 1 saturated carbocycles. The van der Waals surface area contributed by atoms with E-state index >= 15 is 4.39 Å². The summed E-state index contributed by atoms with van der Waals surface area (Å²) in [5.41, 5.74) is -2.23. The molecule has 3 atom stereocenters. The minimum Gasteiger partial charge on any atom is -0.490 e. The van der Waals surface area contributed by atoms with Crippen LogP contribution in [0.1, 0.15) is 113 Å². The van der Waals surface area contributed by atoms with Gasteiger partial charge in [-0.3, -0.25) is 0 Å². The van der Waals surface area contributed by atoms with Gasteiger partial charge in [0.15, 0.2) is 11.6 Å². The van der Waals surface area contributed by atoms with Gasteiger partial charge in [-0.25, -0.2) is 18.4 Å². The summed E-state index contributed by atoms with van der Waals surface area (Å²) in [4.78, 5) is 24.7. The van der Waals surface area contributed by atoms with Gasteiger partial charge < -0.3 is 14.6 Å². The van der Waals surface area contributed by atoms with Crippen LogP contribution in [0.3, 0.4) is 0 Å². The van der Waals surface area contributed by atoms with Crippen molar-refractivity contribution in [3.63, 3.8) is 0 Å². The van der Waals surface area contributed by atoms with Crippen molar-refractivity contribution in [1.82, 2.24) is 0 Å². The lowest BCUT2D eigenvalue weighted by Gasteiger charge is -2.39. The maximum Gasteiger partial charge on any atom is 0.346 e. The van der Waals surface area contributed by atoms with Crippen molar-refractivity contribution in [2.45, 2.75) is 103 Å². The Kier molecular flexibility index (Phi) is 12.1. The number of unbranched alkanes of at least 4 members (excludes halogenated alkanes) is 5. The van der Waals surface area contributed by atoms with Gasteiger partial charge in [0, 0.05) is 11.8 Å². The van der Waals surface area contributed by atoms with Gasteiger partial charge in [0.1, 0.15) is 5.75 Å². The van der Waals surface area contributed by atoms with Crippen molar-refractivity contribution in [2.24, 2.45) is 11.8 Å². The number of ether oxygens (including phenoxy) is 2. The Morgan fingerprint density at radius 1 is 0.927 bits per heavy atom. The summed E-state index contributed by atoms with van der Waals surface area (Å²) < 4.78 is 56.0. The molecule has 0 saturated heterocycles. The Bertz CT molecular complexity index is 1150. The molecule has 0 aliphatic heterocycles. The van der Waals surface area contributed by atoms with Crippen molar-refractivity contribution in [3.8, 4) is 11.5 Å². The highest BCUT2D eigenvalue weighted by atomic mass is 19.2. The van der Waals surface area contributed by atoms with Crippen LogP contribution in [-0.2, 0) is 4.79 Å². The summed E-state index contributed by atoms with van der Waals surface area (Å²) in [5, 5.41) is 9.85. The molecule has 3 rings (SSSR count). The van der Waals surface area contributed by atoms with Gasteiger partial charge >= 0.3 is 11.9 Å². The van der Waals surface area contributed by atoms with E-state index in [1.807, 2.05) is 0 Å². The van der Waals surface area contributed by atoms with E-state index in [2.05, 4.69) is 6.92 Å². The Labute approximate surface area is 241 Å². The molecule has 2 aromatic carbocycles. The third-order valence-electron chi connectivity index (χ3n) is 8.58. The molecule has 1 N–H and O–H groups in total. The monoisotopic (exact) mass is 576 g/mol. The minimum absolute atomic E-state index is 0.0961. The molecule has 8 heteroatoms. The van der Waals surface area contributed by atoms with Crippen LogP contribution >= 0.6 is 0 Å². The van der Waals surface area contributed by atoms with Gasteiger partial charge in [-0.2, -0.15) is 4.39 Å². The van der Waals surface area contributed by atoms with Gasteiger partial charge in [-0.1, -0.05) is 84.3 Å². The van der Waals surface area contributed by atoms with Crippen LogP contribution < -0.4 is 9.47 Å². The first-order chi connectivity index (χ1) is 19.6. The first-order valence-electron chi connectivity index (χ1n) is 15.0. The molecule has 0 bridgehead atoms. The average Bonchev–Trinajstić information content (AvgIpc) is 2.98. The summed E-state index contributed by atoms with van der Waals surface area (Å²) >= 11 is 0. The summed E-state index contributed by atoms with van der Waals surface area (Å²) in [5.74, 6) is -6.99. The van der Waals surface area contributed by atoms with E-state index in [9.17, 15) is 23.5 Å². The summed E-state index contributed by atoms with van der Waals surface area (Å²) in [6.07, 6.45) is 9.95. The molecule has 0 heterocycles. The zero-order valence-electron chi connectivity index (χ0n) is 24.4. The van der Waals surface area contributed by atoms with Crippen molar-refractivity contribution >= 4 is 11.9 Å². The van der Waals surface area contributed by atoms with Crippen LogP contribution in [-0.4, -0.2) is 29.3 Å². The normalized spacial score (nSPS) is 16.9. The van der Waals surface area contributed by atoms with Gasteiger partial charge in [0.25, 0.3) is 0 Å². The smallest absolute Gasteiger partial charge is 0.346 e. The average molecular weight is 577 g/mol. The molecule has 226 valence electrons. The number of carbonyl (C=O) groups excluding carboxylic acids is 1. The molecule has 1 unspecified atom stereocenters. The lowest BCUT2D eigenvalue weighted by atomic mass is 9.67. The summed E-state index contributed by atoms with van der Waals surface area (Å²) in [7, 11) is 0. The number of alkyl halides is 1. The van der Waals surface area contributed by atoms with E-state index in [-0.39, 0.29) is 18.1 Å². The second-order valence-corrected chi connectivity index (χ2v) is 11.3. The first-order valence-corrected chi connectivity index (χ1v) is 15.0. The van der Waals surface area contributed by atoms with Crippen LogP contribution in [0.2, 0.25) is 0 Å². The number of esters is 1. The lowest BCUT2D eigenvalue weighted by molar-refractivity contribution is -0.162. The molecule has 5 nitrogen and oxygen atoms in total. The van der Waals surface area contributed by atoms with E-state index in [4.69, 9.17) is 9.47 Å². The number of carboxylic acids is 1. The molecule has 0 spiro atoms. The Hall–Kier alpha value is -3.03. The number of carboxylic acid groups (broad SMARTS) is 1. The molecule has 1 fully saturated rings. The SMILES string of the molecule is CCCCCCCCOc1ccc(C(=O)Oc2ccc(C(C)[C@H](C)[C@](F)(C(=O)O)C3CCCCC3)cc2)c(F)c1F. The fourth-order valence-corrected chi connectivity index (χ4v) is 5.78. The third-order valence-corrected chi connectivity index (χ3v) is 8.58. The van der Waals surface area contributed by atoms with E-state index in [0.717, 1.165) is 57.4 Å². The number of rotatable bonds is 15. The molecule has 1 aliphatic rings. The largest absolute Gasteiger partial charge is 0.490 e. The molecule has 0 amide bonds. The second-order valence-electron chi connectivity index (χ2n) is 11.3. The number of aliphatic carboxylic acids is 1. The molecule has 1 aliphatic carbocycles. The third kappa shape index (κ3) is 8.04. The predicted octanol–water partition coefficient (Wildman–Crippen LogP) is 9.04. The predicted molar refractivity (Wildman–Crippen MR) is 152 cm³/mol. The number of carbonyl (C=O) groups is 2. The fourth-order valence-electron chi connectivity index (χ4n) is 5.78. The minimum atomic E-state index is -2.35. The zero-order chi connectivity index (χ0) is 30.0. The van der Waals surface area contributed by atoms with E-state index in [1.54, 1.807) is 26.0 Å². The maximum absolute atomic E-state index is 16.1. The first kappa shape index (κ1) is 32.5. The van der Waals surface area contributed by atoms with E-state index in [1.165, 1.54) is 24.6 Å². The number of hydrogen-bond donors (Lipinski definition) is 1.